The minimum absolute atomic E-state index is 0.0169. The van der Waals surface area contributed by atoms with Gasteiger partial charge in [0.2, 0.25) is 0 Å². The predicted molar refractivity (Wildman–Crippen MR) is 101 cm³/mol. The van der Waals surface area contributed by atoms with Crippen molar-refractivity contribution in [3.63, 3.8) is 0 Å². The SMILES string of the molecule is O=C(NC(C1CC1)C1CC1)c1ccc2c(c1)C[C@@H](c1ccccc1)OC2=O. The number of rotatable bonds is 5. The number of hydrogen-bond acceptors (Lipinski definition) is 3. The molecule has 2 saturated carbocycles. The third kappa shape index (κ3) is 3.36. The first kappa shape index (κ1) is 16.5. The average molecular weight is 361 g/mol. The third-order valence-electron chi connectivity index (χ3n) is 5.97. The van der Waals surface area contributed by atoms with Crippen LogP contribution in [0.5, 0.6) is 0 Å². The van der Waals surface area contributed by atoms with Crippen LogP contribution in [0.15, 0.2) is 48.5 Å². The van der Waals surface area contributed by atoms with E-state index in [4.69, 9.17) is 4.74 Å². The molecule has 5 rings (SSSR count). The minimum Gasteiger partial charge on any atom is -0.454 e. The molecule has 0 aromatic heterocycles. The third-order valence-corrected chi connectivity index (χ3v) is 5.97. The van der Waals surface area contributed by atoms with E-state index in [0.717, 1.165) is 11.1 Å². The highest BCUT2D eigenvalue weighted by Gasteiger charge is 2.42. The van der Waals surface area contributed by atoms with Crippen molar-refractivity contribution in [2.75, 3.05) is 0 Å². The predicted octanol–water partition coefficient (Wildman–Crippen LogP) is 4.06. The molecule has 0 radical (unpaired) electrons. The molecule has 1 aliphatic heterocycles. The lowest BCUT2D eigenvalue weighted by atomic mass is 9.93. The number of carbonyl (C=O) groups excluding carboxylic acids is 2. The molecule has 1 atom stereocenters. The van der Waals surface area contributed by atoms with Crippen molar-refractivity contribution >= 4 is 11.9 Å². The van der Waals surface area contributed by atoms with Crippen LogP contribution >= 0.6 is 0 Å². The van der Waals surface area contributed by atoms with Crippen molar-refractivity contribution in [3.8, 4) is 0 Å². The van der Waals surface area contributed by atoms with Gasteiger partial charge in [-0.2, -0.15) is 0 Å². The summed E-state index contributed by atoms with van der Waals surface area (Å²) in [6.07, 6.45) is 5.23. The van der Waals surface area contributed by atoms with Crippen molar-refractivity contribution in [3.05, 3.63) is 70.8 Å². The highest BCUT2D eigenvalue weighted by molar-refractivity contribution is 5.98. The Labute approximate surface area is 158 Å². The van der Waals surface area contributed by atoms with Crippen molar-refractivity contribution in [2.45, 2.75) is 44.2 Å². The number of fused-ring (bicyclic) bond motifs is 1. The summed E-state index contributed by atoms with van der Waals surface area (Å²) in [4.78, 5) is 25.2. The standard InChI is InChI=1S/C23H23NO3/c25-22(24-21(15-6-7-15)16-8-9-16)17-10-11-19-18(12-17)13-20(27-23(19)26)14-4-2-1-3-5-14/h1-5,10-12,15-16,20-21H,6-9,13H2,(H,24,25)/t20-/m0/s1. The maximum atomic E-state index is 12.8. The van der Waals surface area contributed by atoms with Crippen molar-refractivity contribution in [2.24, 2.45) is 11.8 Å². The minimum atomic E-state index is -0.314. The molecule has 1 amide bonds. The van der Waals surface area contributed by atoms with E-state index >= 15 is 0 Å². The smallest absolute Gasteiger partial charge is 0.339 e. The maximum absolute atomic E-state index is 12.8. The summed E-state index contributed by atoms with van der Waals surface area (Å²) in [6.45, 7) is 0. The van der Waals surface area contributed by atoms with Crippen LogP contribution in [0, 0.1) is 11.8 Å². The Balaban J connectivity index is 1.37. The lowest BCUT2D eigenvalue weighted by Crippen LogP contribution is -2.38. The van der Waals surface area contributed by atoms with Gasteiger partial charge in [0, 0.05) is 18.0 Å². The van der Waals surface area contributed by atoms with Crippen molar-refractivity contribution < 1.29 is 14.3 Å². The zero-order valence-corrected chi connectivity index (χ0v) is 15.2. The fourth-order valence-corrected chi connectivity index (χ4v) is 4.16. The molecule has 0 bridgehead atoms. The first-order chi connectivity index (χ1) is 13.2. The zero-order chi connectivity index (χ0) is 18.4. The topological polar surface area (TPSA) is 55.4 Å². The Morgan fingerprint density at radius 3 is 2.37 bits per heavy atom. The first-order valence-corrected chi connectivity index (χ1v) is 9.89. The number of amides is 1. The van der Waals surface area contributed by atoms with E-state index in [0.29, 0.717) is 35.4 Å². The van der Waals surface area contributed by atoms with Crippen LogP contribution < -0.4 is 5.32 Å². The van der Waals surface area contributed by atoms with Gasteiger partial charge < -0.3 is 10.1 Å². The second-order valence-electron chi connectivity index (χ2n) is 8.05. The summed E-state index contributed by atoms with van der Waals surface area (Å²) in [5.41, 5.74) is 3.08. The fraction of sp³-hybridized carbons (Fsp3) is 0.391. The van der Waals surface area contributed by atoms with E-state index in [1.807, 2.05) is 36.4 Å². The summed E-state index contributed by atoms with van der Waals surface area (Å²) in [6, 6.07) is 15.4. The number of benzene rings is 2. The number of nitrogens with one attached hydrogen (secondary N) is 1. The Hall–Kier alpha value is -2.62. The van der Waals surface area contributed by atoms with Crippen molar-refractivity contribution in [1.29, 1.82) is 0 Å². The number of hydrogen-bond donors (Lipinski definition) is 1. The number of carbonyl (C=O) groups is 2. The number of esters is 1. The van der Waals surface area contributed by atoms with Crippen LogP contribution in [-0.2, 0) is 11.2 Å². The Morgan fingerprint density at radius 2 is 1.70 bits per heavy atom. The van der Waals surface area contributed by atoms with Gasteiger partial charge >= 0.3 is 5.97 Å². The van der Waals surface area contributed by atoms with Gasteiger partial charge in [0.25, 0.3) is 5.91 Å². The molecular formula is C23H23NO3. The van der Waals surface area contributed by atoms with Gasteiger partial charge in [0.05, 0.1) is 5.56 Å². The van der Waals surface area contributed by atoms with E-state index in [2.05, 4.69) is 5.32 Å². The molecule has 27 heavy (non-hydrogen) atoms. The summed E-state index contributed by atoms with van der Waals surface area (Å²) in [5, 5.41) is 3.26. The van der Waals surface area contributed by atoms with Crippen LogP contribution in [-0.4, -0.2) is 17.9 Å². The van der Waals surface area contributed by atoms with Crippen LogP contribution in [0.4, 0.5) is 0 Å². The maximum Gasteiger partial charge on any atom is 0.339 e. The molecule has 0 saturated heterocycles. The zero-order valence-electron chi connectivity index (χ0n) is 15.2. The molecular weight excluding hydrogens is 338 g/mol. The van der Waals surface area contributed by atoms with Crippen LogP contribution in [0.1, 0.15) is 63.6 Å². The van der Waals surface area contributed by atoms with Crippen LogP contribution in [0.25, 0.3) is 0 Å². The second kappa shape index (κ2) is 6.52. The molecule has 0 spiro atoms. The normalized spacial score (nSPS) is 21.5. The molecule has 3 aliphatic rings. The Bertz CT molecular complexity index is 872. The van der Waals surface area contributed by atoms with Gasteiger partial charge in [-0.25, -0.2) is 4.79 Å². The van der Waals surface area contributed by atoms with Gasteiger partial charge in [-0.3, -0.25) is 4.79 Å². The van der Waals surface area contributed by atoms with Gasteiger partial charge in [-0.05, 0) is 66.8 Å². The molecule has 4 nitrogen and oxygen atoms in total. The number of cyclic esters (lactones) is 1. The summed E-state index contributed by atoms with van der Waals surface area (Å²) < 4.78 is 5.60. The molecule has 138 valence electrons. The largest absolute Gasteiger partial charge is 0.454 e. The lowest BCUT2D eigenvalue weighted by molar-refractivity contribution is 0.0252. The fourth-order valence-electron chi connectivity index (χ4n) is 4.16. The molecule has 0 unspecified atom stereocenters. The molecule has 4 heteroatoms. The second-order valence-corrected chi connectivity index (χ2v) is 8.05. The van der Waals surface area contributed by atoms with E-state index < -0.39 is 0 Å². The van der Waals surface area contributed by atoms with E-state index in [9.17, 15) is 9.59 Å². The van der Waals surface area contributed by atoms with Gasteiger partial charge in [0.1, 0.15) is 6.10 Å². The molecule has 1 N–H and O–H groups in total. The molecule has 2 aliphatic carbocycles. The molecule has 2 aromatic carbocycles. The number of ether oxygens (including phenoxy) is 1. The van der Waals surface area contributed by atoms with Gasteiger partial charge in [0.15, 0.2) is 0 Å². The average Bonchev–Trinajstić information content (AvgIpc) is 3.59. The molecule has 2 aromatic rings. The molecule has 2 fully saturated rings. The highest BCUT2D eigenvalue weighted by Crippen LogP contribution is 2.44. The van der Waals surface area contributed by atoms with Crippen LogP contribution in [0.2, 0.25) is 0 Å². The molecule has 1 heterocycles. The monoisotopic (exact) mass is 361 g/mol. The Morgan fingerprint density at radius 1 is 1.00 bits per heavy atom. The summed E-state index contributed by atoms with van der Waals surface area (Å²) in [7, 11) is 0. The van der Waals surface area contributed by atoms with E-state index in [1.165, 1.54) is 25.7 Å². The summed E-state index contributed by atoms with van der Waals surface area (Å²) in [5.74, 6) is 0.996. The van der Waals surface area contributed by atoms with E-state index in [1.54, 1.807) is 12.1 Å². The summed E-state index contributed by atoms with van der Waals surface area (Å²) >= 11 is 0. The van der Waals surface area contributed by atoms with E-state index in [-0.39, 0.29) is 18.0 Å². The van der Waals surface area contributed by atoms with Crippen LogP contribution in [0.3, 0.4) is 0 Å². The quantitative estimate of drug-likeness (QED) is 0.817. The lowest BCUT2D eigenvalue weighted by Gasteiger charge is -2.25. The van der Waals surface area contributed by atoms with Gasteiger partial charge in [-0.1, -0.05) is 30.3 Å². The first-order valence-electron chi connectivity index (χ1n) is 9.89. The van der Waals surface area contributed by atoms with Gasteiger partial charge in [-0.15, -0.1) is 0 Å². The Kier molecular flexibility index (Phi) is 4.00. The van der Waals surface area contributed by atoms with Crippen molar-refractivity contribution in [1.82, 2.24) is 5.32 Å². The highest BCUT2D eigenvalue weighted by atomic mass is 16.5.